The van der Waals surface area contributed by atoms with Crippen LogP contribution in [0.2, 0.25) is 0 Å². The third kappa shape index (κ3) is 3.76. The van der Waals surface area contributed by atoms with E-state index in [1.807, 2.05) is 18.5 Å². The summed E-state index contributed by atoms with van der Waals surface area (Å²) >= 11 is 0. The molecule has 9 aromatic rings. The second-order valence-corrected chi connectivity index (χ2v) is 11.3. The van der Waals surface area contributed by atoms with E-state index >= 15 is 0 Å². The summed E-state index contributed by atoms with van der Waals surface area (Å²) in [5, 5.41) is 6.14. The van der Waals surface area contributed by atoms with E-state index in [0.29, 0.717) is 0 Å². The van der Waals surface area contributed by atoms with Crippen molar-refractivity contribution in [1.82, 2.24) is 18.7 Å². The number of benzene rings is 5. The smallest absolute Gasteiger partial charge is 0.0724 e. The van der Waals surface area contributed by atoms with E-state index < -0.39 is 0 Å². The molecule has 0 N–H and O–H groups in total. The van der Waals surface area contributed by atoms with Crippen LogP contribution in [0, 0.1) is 0 Å². The van der Waals surface area contributed by atoms with Crippen molar-refractivity contribution in [2.75, 3.05) is 0 Å². The summed E-state index contributed by atoms with van der Waals surface area (Å²) in [6.07, 6.45) is 10.2. The summed E-state index contributed by atoms with van der Waals surface area (Å²) in [5.41, 5.74) is 10.1. The second-order valence-electron chi connectivity index (χ2n) is 11.3. The molecule has 0 unspecified atom stereocenters. The molecule has 0 aliphatic heterocycles. The van der Waals surface area contributed by atoms with Crippen molar-refractivity contribution in [2.45, 2.75) is 0 Å². The van der Waals surface area contributed by atoms with Gasteiger partial charge in [-0.25, -0.2) is 0 Å². The van der Waals surface area contributed by atoms with E-state index in [1.54, 1.807) is 0 Å². The van der Waals surface area contributed by atoms with Crippen LogP contribution in [-0.2, 0) is 0 Å². The lowest BCUT2D eigenvalue weighted by Gasteiger charge is -2.12. The lowest BCUT2D eigenvalue weighted by molar-refractivity contribution is 1.09. The Morgan fingerprint density at radius 3 is 1.53 bits per heavy atom. The fourth-order valence-electron chi connectivity index (χ4n) is 7.05. The molecule has 212 valence electrons. The van der Waals surface area contributed by atoms with Gasteiger partial charge in [0.1, 0.15) is 0 Å². The molecule has 4 heterocycles. The molecule has 0 bridgehead atoms. The maximum absolute atomic E-state index is 4.52. The van der Waals surface area contributed by atoms with Gasteiger partial charge in [-0.3, -0.25) is 4.98 Å². The normalized spacial score (nSPS) is 12.0. The Kier molecular flexibility index (Phi) is 5.62. The molecule has 4 aromatic heterocycles. The molecule has 0 atom stereocenters. The molecule has 0 fully saturated rings. The molecule has 0 amide bonds. The number of hydrogen-bond acceptors (Lipinski definition) is 1. The number of pyridine rings is 1. The quantitative estimate of drug-likeness (QED) is 0.200. The van der Waals surface area contributed by atoms with Crippen molar-refractivity contribution in [3.05, 3.63) is 158 Å². The standard InChI is InChI=1S/C41H28N4/c1-2-36-35(24-26-43-37-15-7-3-11-30(37)31-12-4-8-16-38(31)43)34-23-25-42-27-41(34)44(36)28-19-21-29(22-20-28)45-39-17-9-5-13-32(39)33-14-6-10-18-40(33)45/h2-27H,1H2. The Labute approximate surface area is 260 Å². The molecule has 45 heavy (non-hydrogen) atoms. The van der Waals surface area contributed by atoms with Crippen LogP contribution in [0.4, 0.5) is 0 Å². The van der Waals surface area contributed by atoms with Crippen LogP contribution in [0.3, 0.4) is 0 Å². The topological polar surface area (TPSA) is 27.7 Å². The highest BCUT2D eigenvalue weighted by Gasteiger charge is 2.17. The van der Waals surface area contributed by atoms with Crippen molar-refractivity contribution in [3.63, 3.8) is 0 Å². The van der Waals surface area contributed by atoms with Crippen LogP contribution in [0.5, 0.6) is 0 Å². The summed E-state index contributed by atoms with van der Waals surface area (Å²) in [6, 6.07) is 45.3. The zero-order valence-electron chi connectivity index (χ0n) is 24.5. The summed E-state index contributed by atoms with van der Waals surface area (Å²) in [7, 11) is 0. The van der Waals surface area contributed by atoms with E-state index in [4.69, 9.17) is 0 Å². The first kappa shape index (κ1) is 25.4. The van der Waals surface area contributed by atoms with E-state index in [9.17, 15) is 0 Å². The van der Waals surface area contributed by atoms with Crippen LogP contribution < -0.4 is 0 Å². The first-order valence-electron chi connectivity index (χ1n) is 15.2. The zero-order valence-corrected chi connectivity index (χ0v) is 24.5. The lowest BCUT2D eigenvalue weighted by atomic mass is 10.1. The van der Waals surface area contributed by atoms with E-state index in [1.165, 1.54) is 43.6 Å². The van der Waals surface area contributed by atoms with Gasteiger partial charge in [-0.2, -0.15) is 0 Å². The highest BCUT2D eigenvalue weighted by atomic mass is 15.0. The van der Waals surface area contributed by atoms with Gasteiger partial charge in [0.05, 0.1) is 39.5 Å². The number of rotatable bonds is 5. The van der Waals surface area contributed by atoms with Gasteiger partial charge in [0.15, 0.2) is 0 Å². The fourth-order valence-corrected chi connectivity index (χ4v) is 7.05. The molecule has 0 spiro atoms. The Morgan fingerprint density at radius 1 is 0.489 bits per heavy atom. The largest absolute Gasteiger partial charge is 0.316 e. The first-order chi connectivity index (χ1) is 22.3. The van der Waals surface area contributed by atoms with Gasteiger partial charge < -0.3 is 13.7 Å². The second kappa shape index (κ2) is 9.97. The third-order valence-electron chi connectivity index (χ3n) is 9.00. The van der Waals surface area contributed by atoms with Gasteiger partial charge in [-0.05, 0) is 66.7 Å². The summed E-state index contributed by atoms with van der Waals surface area (Å²) in [5.74, 6) is 0. The Morgan fingerprint density at radius 2 is 0.978 bits per heavy atom. The van der Waals surface area contributed by atoms with Crippen LogP contribution >= 0.6 is 0 Å². The number of para-hydroxylation sites is 4. The molecule has 4 nitrogen and oxygen atoms in total. The highest BCUT2D eigenvalue weighted by Crippen LogP contribution is 2.35. The summed E-state index contributed by atoms with van der Waals surface area (Å²) < 4.78 is 6.89. The molecule has 0 radical (unpaired) electrons. The molecule has 4 heteroatoms. The number of nitrogens with zero attached hydrogens (tertiary/aromatic N) is 4. The van der Waals surface area contributed by atoms with E-state index in [-0.39, 0.29) is 0 Å². The van der Waals surface area contributed by atoms with Crippen molar-refractivity contribution in [3.8, 4) is 11.4 Å². The Hall–Kier alpha value is -6.13. The SMILES string of the molecule is C=Cc1c(C=Cn2c3ccccc3c3ccccc32)c2ccncc2n1-c1ccc(-n2c3ccccc3c3ccccc32)cc1. The zero-order chi connectivity index (χ0) is 29.9. The van der Waals surface area contributed by atoms with Gasteiger partial charge >= 0.3 is 0 Å². The van der Waals surface area contributed by atoms with Gasteiger partial charge in [0.2, 0.25) is 0 Å². The lowest BCUT2D eigenvalue weighted by Crippen LogP contribution is -1.99. The van der Waals surface area contributed by atoms with Gasteiger partial charge in [0.25, 0.3) is 0 Å². The minimum atomic E-state index is 1.03. The first-order valence-corrected chi connectivity index (χ1v) is 15.2. The van der Waals surface area contributed by atoms with Crippen molar-refractivity contribution < 1.29 is 0 Å². The molecule has 0 saturated heterocycles. The van der Waals surface area contributed by atoms with Crippen LogP contribution in [-0.4, -0.2) is 18.7 Å². The molecule has 9 rings (SSSR count). The summed E-state index contributed by atoms with van der Waals surface area (Å²) in [4.78, 5) is 4.52. The number of aromatic nitrogens is 4. The van der Waals surface area contributed by atoms with Gasteiger partial charge in [0, 0.05) is 56.3 Å². The Bertz CT molecular complexity index is 2500. The predicted octanol–water partition coefficient (Wildman–Crippen LogP) is 10.5. The molecule has 0 aliphatic carbocycles. The summed E-state index contributed by atoms with van der Waals surface area (Å²) in [6.45, 7) is 4.26. The highest BCUT2D eigenvalue weighted by molar-refractivity contribution is 6.10. The van der Waals surface area contributed by atoms with Gasteiger partial charge in [-0.15, -0.1) is 0 Å². The minimum Gasteiger partial charge on any atom is -0.316 e. The maximum Gasteiger partial charge on any atom is 0.0724 e. The molecule has 0 aliphatic rings. The molecule has 5 aromatic carbocycles. The number of hydrogen-bond donors (Lipinski definition) is 0. The van der Waals surface area contributed by atoms with E-state index in [2.05, 4.69) is 165 Å². The predicted molar refractivity (Wildman–Crippen MR) is 190 cm³/mol. The molecule has 0 saturated carbocycles. The Balaban J connectivity index is 1.20. The van der Waals surface area contributed by atoms with Crippen molar-refractivity contribution in [2.24, 2.45) is 0 Å². The average molecular weight is 577 g/mol. The van der Waals surface area contributed by atoms with Crippen LogP contribution in [0.1, 0.15) is 11.3 Å². The monoisotopic (exact) mass is 576 g/mol. The number of fused-ring (bicyclic) bond motifs is 7. The maximum atomic E-state index is 4.52. The van der Waals surface area contributed by atoms with Crippen molar-refractivity contribution in [1.29, 1.82) is 0 Å². The third-order valence-corrected chi connectivity index (χ3v) is 9.00. The van der Waals surface area contributed by atoms with Crippen molar-refractivity contribution >= 4 is 72.9 Å². The average Bonchev–Trinajstić information content (AvgIpc) is 3.73. The van der Waals surface area contributed by atoms with Crippen LogP contribution in [0.15, 0.2) is 146 Å². The minimum absolute atomic E-state index is 1.03. The van der Waals surface area contributed by atoms with E-state index in [0.717, 1.165) is 33.5 Å². The molecular weight excluding hydrogens is 548 g/mol. The fraction of sp³-hybridized carbons (Fsp3) is 0. The van der Waals surface area contributed by atoms with Gasteiger partial charge in [-0.1, -0.05) is 79.4 Å². The van der Waals surface area contributed by atoms with Crippen LogP contribution in [0.25, 0.3) is 84.2 Å². The molecular formula is C41H28N4.